The minimum atomic E-state index is -0.114. The zero-order chi connectivity index (χ0) is 20.8. The molecule has 3 heterocycles. The summed E-state index contributed by atoms with van der Waals surface area (Å²) in [6, 6.07) is 6.04. The van der Waals surface area contributed by atoms with Gasteiger partial charge < -0.3 is 15.0 Å². The summed E-state index contributed by atoms with van der Waals surface area (Å²) in [5.41, 5.74) is 3.08. The maximum Gasteiger partial charge on any atom is 0.310 e. The third-order valence-corrected chi connectivity index (χ3v) is 5.04. The van der Waals surface area contributed by atoms with E-state index in [9.17, 15) is 4.79 Å². The van der Waals surface area contributed by atoms with Crippen LogP contribution in [0.4, 0.5) is 0 Å². The maximum absolute atomic E-state index is 12.1. The van der Waals surface area contributed by atoms with E-state index < -0.39 is 0 Å². The van der Waals surface area contributed by atoms with E-state index in [0.29, 0.717) is 19.7 Å². The maximum atomic E-state index is 12.1. The second-order valence-electron chi connectivity index (χ2n) is 7.30. The molecule has 0 spiro atoms. The number of guanidine groups is 1. The van der Waals surface area contributed by atoms with Gasteiger partial charge in [0, 0.05) is 38.6 Å². The molecule has 1 aliphatic heterocycles. The van der Waals surface area contributed by atoms with E-state index in [1.807, 2.05) is 49.8 Å². The van der Waals surface area contributed by atoms with E-state index in [0.717, 1.165) is 48.1 Å². The number of hydrogen-bond acceptors (Lipinski definition) is 5. The zero-order valence-corrected chi connectivity index (χ0v) is 20.4. The number of nitrogens with one attached hydrogen (secondary N) is 1. The molecule has 0 amide bonds. The number of rotatable bonds is 5. The second kappa shape index (κ2) is 11.3. The molecule has 0 bridgehead atoms. The number of nitrogens with zero attached hydrogens (tertiary/aromatic N) is 5. The van der Waals surface area contributed by atoms with Crippen LogP contribution in [0.2, 0.25) is 0 Å². The highest BCUT2D eigenvalue weighted by Crippen LogP contribution is 2.18. The minimum absolute atomic E-state index is 0. The fourth-order valence-corrected chi connectivity index (χ4v) is 3.64. The largest absolute Gasteiger partial charge is 0.466 e. The van der Waals surface area contributed by atoms with Gasteiger partial charge in [-0.2, -0.15) is 5.10 Å². The van der Waals surface area contributed by atoms with Crippen LogP contribution in [-0.4, -0.2) is 58.3 Å². The Bertz CT molecular complexity index is 865. The molecule has 30 heavy (non-hydrogen) atoms. The first-order chi connectivity index (χ1) is 14.0. The van der Waals surface area contributed by atoms with Crippen molar-refractivity contribution < 1.29 is 9.53 Å². The molecular formula is C21H31IN6O2. The fraction of sp³-hybridized carbons (Fsp3) is 0.524. The van der Waals surface area contributed by atoms with Gasteiger partial charge in [-0.15, -0.1) is 24.0 Å². The fourth-order valence-electron chi connectivity index (χ4n) is 3.64. The lowest BCUT2D eigenvalue weighted by atomic mass is 9.98. The van der Waals surface area contributed by atoms with Crippen LogP contribution < -0.4 is 5.32 Å². The Kier molecular flexibility index (Phi) is 9.07. The van der Waals surface area contributed by atoms with Crippen LogP contribution in [0.15, 0.2) is 29.4 Å². The van der Waals surface area contributed by atoms with Gasteiger partial charge in [-0.3, -0.25) is 9.79 Å². The van der Waals surface area contributed by atoms with Crippen LogP contribution in [0.1, 0.15) is 36.7 Å². The zero-order valence-electron chi connectivity index (χ0n) is 18.1. The van der Waals surface area contributed by atoms with Gasteiger partial charge in [0.25, 0.3) is 0 Å². The number of pyridine rings is 1. The molecule has 1 fully saturated rings. The van der Waals surface area contributed by atoms with E-state index in [2.05, 4.69) is 25.3 Å². The first-order valence-corrected chi connectivity index (χ1v) is 10.1. The molecule has 0 saturated carbocycles. The van der Waals surface area contributed by atoms with Crippen molar-refractivity contribution in [3.8, 4) is 5.82 Å². The average Bonchev–Trinajstić information content (AvgIpc) is 3.07. The van der Waals surface area contributed by atoms with Crippen molar-refractivity contribution in [2.24, 2.45) is 10.9 Å². The van der Waals surface area contributed by atoms with Crippen LogP contribution >= 0.6 is 24.0 Å². The van der Waals surface area contributed by atoms with E-state index in [4.69, 9.17) is 4.74 Å². The van der Waals surface area contributed by atoms with E-state index in [-0.39, 0.29) is 35.9 Å². The molecule has 8 nitrogen and oxygen atoms in total. The van der Waals surface area contributed by atoms with Crippen LogP contribution in [-0.2, 0) is 16.1 Å². The van der Waals surface area contributed by atoms with Crippen LogP contribution in [0.25, 0.3) is 5.82 Å². The third kappa shape index (κ3) is 5.93. The summed E-state index contributed by atoms with van der Waals surface area (Å²) in [6.45, 7) is 8.37. The lowest BCUT2D eigenvalue weighted by Crippen LogP contribution is -2.48. The third-order valence-electron chi connectivity index (χ3n) is 5.04. The van der Waals surface area contributed by atoms with Crippen molar-refractivity contribution in [1.29, 1.82) is 0 Å². The summed E-state index contributed by atoms with van der Waals surface area (Å²) in [7, 11) is 1.76. The van der Waals surface area contributed by atoms with Gasteiger partial charge in [0.1, 0.15) is 0 Å². The number of hydrogen-bond donors (Lipinski definition) is 1. The molecule has 0 aliphatic carbocycles. The molecule has 1 aliphatic rings. The number of aromatic nitrogens is 3. The standard InChI is InChI=1S/C21H30N6O2.HI/c1-5-29-20(28)18-7-6-10-26(14-18)21(22-4)24-13-17-8-9-19(23-12-17)27-16(3)11-15(2)25-27;/h8-9,11-12,18H,5-7,10,13-14H2,1-4H3,(H,22,24);1H. The number of aliphatic imine (C=N–C) groups is 1. The van der Waals surface area contributed by atoms with E-state index >= 15 is 0 Å². The summed E-state index contributed by atoms with van der Waals surface area (Å²) in [4.78, 5) is 23.1. The van der Waals surface area contributed by atoms with Crippen molar-refractivity contribution in [1.82, 2.24) is 25.0 Å². The summed E-state index contributed by atoms with van der Waals surface area (Å²) in [5, 5.41) is 7.85. The van der Waals surface area contributed by atoms with Crippen LogP contribution in [0.5, 0.6) is 0 Å². The number of esters is 1. The lowest BCUT2D eigenvalue weighted by Gasteiger charge is -2.33. The summed E-state index contributed by atoms with van der Waals surface area (Å²) in [5.74, 6) is 1.39. The van der Waals surface area contributed by atoms with Gasteiger partial charge in [-0.05, 0) is 51.3 Å². The number of likely N-dealkylation sites (tertiary alicyclic amines) is 1. The van der Waals surface area contributed by atoms with Crippen molar-refractivity contribution in [2.45, 2.75) is 40.2 Å². The highest BCUT2D eigenvalue weighted by molar-refractivity contribution is 14.0. The van der Waals surface area contributed by atoms with E-state index in [1.54, 1.807) is 7.05 Å². The Labute approximate surface area is 195 Å². The Morgan fingerprint density at radius 1 is 1.37 bits per heavy atom. The number of halogens is 1. The number of carbonyl (C=O) groups excluding carboxylic acids is 1. The van der Waals surface area contributed by atoms with Gasteiger partial charge in [0.2, 0.25) is 0 Å². The molecule has 2 aromatic rings. The summed E-state index contributed by atoms with van der Waals surface area (Å²) >= 11 is 0. The number of piperidine rings is 1. The first kappa shape index (κ1) is 24.1. The Balaban J connectivity index is 0.00000320. The van der Waals surface area contributed by atoms with Crippen molar-refractivity contribution in [3.05, 3.63) is 41.3 Å². The molecule has 0 aromatic carbocycles. The smallest absolute Gasteiger partial charge is 0.310 e. The molecule has 164 valence electrons. The molecule has 9 heteroatoms. The second-order valence-corrected chi connectivity index (χ2v) is 7.30. The predicted molar refractivity (Wildman–Crippen MR) is 127 cm³/mol. The Morgan fingerprint density at radius 3 is 2.77 bits per heavy atom. The molecule has 1 N–H and O–H groups in total. The molecule has 3 rings (SSSR count). The highest BCUT2D eigenvalue weighted by Gasteiger charge is 2.28. The Hall–Kier alpha value is -2.17. The molecular weight excluding hydrogens is 495 g/mol. The van der Waals surface area contributed by atoms with Gasteiger partial charge in [0.05, 0.1) is 18.2 Å². The average molecular weight is 526 g/mol. The van der Waals surface area contributed by atoms with Gasteiger partial charge >= 0.3 is 5.97 Å². The highest BCUT2D eigenvalue weighted by atomic mass is 127. The summed E-state index contributed by atoms with van der Waals surface area (Å²) < 4.78 is 7.03. The van der Waals surface area contributed by atoms with Gasteiger partial charge in [-0.25, -0.2) is 9.67 Å². The lowest BCUT2D eigenvalue weighted by molar-refractivity contribution is -0.149. The van der Waals surface area contributed by atoms with Crippen LogP contribution in [0.3, 0.4) is 0 Å². The molecule has 0 radical (unpaired) electrons. The van der Waals surface area contributed by atoms with Crippen molar-refractivity contribution in [2.75, 3.05) is 26.7 Å². The molecule has 1 saturated heterocycles. The van der Waals surface area contributed by atoms with E-state index in [1.165, 1.54) is 0 Å². The van der Waals surface area contributed by atoms with Crippen molar-refractivity contribution in [3.63, 3.8) is 0 Å². The van der Waals surface area contributed by atoms with Crippen molar-refractivity contribution >= 4 is 35.9 Å². The normalized spacial score (nSPS) is 16.7. The number of carbonyl (C=O) groups is 1. The first-order valence-electron chi connectivity index (χ1n) is 10.1. The summed E-state index contributed by atoms with van der Waals surface area (Å²) in [6.07, 6.45) is 3.66. The monoisotopic (exact) mass is 526 g/mol. The molecule has 2 aromatic heterocycles. The number of ether oxygens (including phenoxy) is 1. The van der Waals surface area contributed by atoms with Gasteiger partial charge in [-0.1, -0.05) is 6.07 Å². The SMILES string of the molecule is CCOC(=O)C1CCCN(C(=NC)NCc2ccc(-n3nc(C)cc3C)nc2)C1.I. The quantitative estimate of drug-likeness (QED) is 0.279. The topological polar surface area (TPSA) is 84.6 Å². The van der Waals surface area contributed by atoms with Gasteiger partial charge in [0.15, 0.2) is 11.8 Å². The molecule has 1 atom stereocenters. The molecule has 1 unspecified atom stereocenters. The minimum Gasteiger partial charge on any atom is -0.466 e. The van der Waals surface area contributed by atoms with Crippen LogP contribution in [0, 0.1) is 19.8 Å². The predicted octanol–water partition coefficient (Wildman–Crippen LogP) is 2.85. The number of aryl methyl sites for hydroxylation is 2. The Morgan fingerprint density at radius 2 is 2.17 bits per heavy atom.